The number of methoxy groups -OCH3 is 1. The van der Waals surface area contributed by atoms with E-state index >= 15 is 0 Å². The van der Waals surface area contributed by atoms with Crippen LogP contribution in [0.1, 0.15) is 21.5 Å². The van der Waals surface area contributed by atoms with Crippen molar-refractivity contribution >= 4 is 23.8 Å². The van der Waals surface area contributed by atoms with Crippen molar-refractivity contribution in [2.75, 3.05) is 62.6 Å². The summed E-state index contributed by atoms with van der Waals surface area (Å²) in [6, 6.07) is 23.2. The fourth-order valence-corrected chi connectivity index (χ4v) is 3.84. The number of hydrogen-bond acceptors (Lipinski definition) is 10. The van der Waals surface area contributed by atoms with Crippen LogP contribution in [0.25, 0.3) is 0 Å². The van der Waals surface area contributed by atoms with Gasteiger partial charge in [-0.05, 0) is 35.9 Å². The summed E-state index contributed by atoms with van der Waals surface area (Å²) in [6.07, 6.45) is 0. The topological polar surface area (TPSA) is 132 Å². The largest absolute Gasteiger partial charge is 0.497 e. The molecule has 226 valence electrons. The van der Waals surface area contributed by atoms with Crippen LogP contribution in [0, 0.1) is 5.82 Å². The SMILES string of the molecule is COc1ccc(CNc2nc(NCCOCCOCCNC(=O)c3ccccc3)nc(NCc3ccccc3F)n2)cc1. The molecule has 1 heterocycles. The van der Waals surface area contributed by atoms with Crippen molar-refractivity contribution in [1.29, 1.82) is 0 Å². The third-order valence-corrected chi connectivity index (χ3v) is 6.11. The Morgan fingerprint density at radius 3 is 1.98 bits per heavy atom. The lowest BCUT2D eigenvalue weighted by atomic mass is 10.2. The molecule has 0 unspecified atom stereocenters. The van der Waals surface area contributed by atoms with Crippen LogP contribution in [0.15, 0.2) is 78.9 Å². The van der Waals surface area contributed by atoms with E-state index in [1.54, 1.807) is 37.4 Å². The molecule has 0 radical (unpaired) electrons. The molecule has 0 spiro atoms. The number of carbonyl (C=O) groups excluding carboxylic acids is 1. The first-order valence-electron chi connectivity index (χ1n) is 13.9. The number of benzene rings is 3. The second-order valence-electron chi connectivity index (χ2n) is 9.23. The van der Waals surface area contributed by atoms with E-state index in [9.17, 15) is 9.18 Å². The van der Waals surface area contributed by atoms with Crippen molar-refractivity contribution in [1.82, 2.24) is 20.3 Å². The van der Waals surface area contributed by atoms with Gasteiger partial charge in [0.05, 0.1) is 33.5 Å². The van der Waals surface area contributed by atoms with Crippen LogP contribution in [-0.2, 0) is 22.6 Å². The van der Waals surface area contributed by atoms with E-state index in [-0.39, 0.29) is 18.3 Å². The van der Waals surface area contributed by atoms with E-state index in [2.05, 4.69) is 36.2 Å². The van der Waals surface area contributed by atoms with E-state index < -0.39 is 0 Å². The molecule has 0 aliphatic carbocycles. The molecule has 11 nitrogen and oxygen atoms in total. The Morgan fingerprint density at radius 2 is 1.30 bits per heavy atom. The average Bonchev–Trinajstić information content (AvgIpc) is 3.04. The molecule has 0 saturated heterocycles. The maximum absolute atomic E-state index is 14.1. The number of ether oxygens (including phenoxy) is 3. The van der Waals surface area contributed by atoms with E-state index in [1.807, 2.05) is 42.5 Å². The fourth-order valence-electron chi connectivity index (χ4n) is 3.84. The first kappa shape index (κ1) is 31.1. The van der Waals surface area contributed by atoms with Crippen LogP contribution in [0.2, 0.25) is 0 Å². The third kappa shape index (κ3) is 10.8. The molecule has 0 atom stereocenters. The minimum Gasteiger partial charge on any atom is -0.497 e. The summed E-state index contributed by atoms with van der Waals surface area (Å²) < 4.78 is 30.5. The summed E-state index contributed by atoms with van der Waals surface area (Å²) in [5.74, 6) is 1.34. The molecule has 1 aromatic heterocycles. The molecule has 0 saturated carbocycles. The lowest BCUT2D eigenvalue weighted by Crippen LogP contribution is -2.27. The third-order valence-electron chi connectivity index (χ3n) is 6.11. The van der Waals surface area contributed by atoms with Crippen molar-refractivity contribution < 1.29 is 23.4 Å². The highest BCUT2D eigenvalue weighted by Gasteiger charge is 2.09. The summed E-state index contributed by atoms with van der Waals surface area (Å²) in [5, 5.41) is 12.2. The molecule has 3 aromatic carbocycles. The van der Waals surface area contributed by atoms with Gasteiger partial charge in [0.1, 0.15) is 11.6 Å². The minimum absolute atomic E-state index is 0.130. The monoisotopic (exact) mass is 589 g/mol. The van der Waals surface area contributed by atoms with Gasteiger partial charge in [0.15, 0.2) is 0 Å². The van der Waals surface area contributed by atoms with Gasteiger partial charge >= 0.3 is 0 Å². The summed E-state index contributed by atoms with van der Waals surface area (Å²) in [4.78, 5) is 25.3. The molecule has 0 aliphatic rings. The normalized spacial score (nSPS) is 10.7. The van der Waals surface area contributed by atoms with E-state index in [4.69, 9.17) is 14.2 Å². The molecule has 12 heteroatoms. The number of halogens is 1. The zero-order chi connectivity index (χ0) is 30.1. The molecular weight excluding hydrogens is 553 g/mol. The van der Waals surface area contributed by atoms with Gasteiger partial charge in [0.2, 0.25) is 17.8 Å². The number of carbonyl (C=O) groups is 1. The Balaban J connectivity index is 1.20. The van der Waals surface area contributed by atoms with Crippen LogP contribution in [0.5, 0.6) is 5.75 Å². The number of anilines is 3. The fraction of sp³-hybridized carbons (Fsp3) is 0.290. The highest BCUT2D eigenvalue weighted by molar-refractivity contribution is 5.94. The molecule has 1 amide bonds. The zero-order valence-corrected chi connectivity index (χ0v) is 24.0. The highest BCUT2D eigenvalue weighted by atomic mass is 19.1. The highest BCUT2D eigenvalue weighted by Crippen LogP contribution is 2.15. The van der Waals surface area contributed by atoms with E-state index in [1.165, 1.54) is 6.07 Å². The number of nitrogens with zero attached hydrogens (tertiary/aromatic N) is 3. The molecule has 0 fully saturated rings. The van der Waals surface area contributed by atoms with Crippen LogP contribution in [0.3, 0.4) is 0 Å². The summed E-state index contributed by atoms with van der Waals surface area (Å²) in [5.41, 5.74) is 2.13. The van der Waals surface area contributed by atoms with Gasteiger partial charge < -0.3 is 35.5 Å². The molecule has 0 bridgehead atoms. The maximum Gasteiger partial charge on any atom is 0.251 e. The first-order valence-corrected chi connectivity index (χ1v) is 13.9. The predicted octanol–water partition coefficient (Wildman–Crippen LogP) is 4.12. The second kappa shape index (κ2) is 17.2. The number of aromatic nitrogens is 3. The summed E-state index contributed by atoms with van der Waals surface area (Å²) in [7, 11) is 1.62. The lowest BCUT2D eigenvalue weighted by molar-refractivity contribution is 0.0519. The smallest absolute Gasteiger partial charge is 0.251 e. The minimum atomic E-state index is -0.307. The number of nitrogens with one attached hydrogen (secondary N) is 4. The first-order chi connectivity index (χ1) is 21.1. The Kier molecular flexibility index (Phi) is 12.5. The number of hydrogen-bond donors (Lipinski definition) is 4. The van der Waals surface area contributed by atoms with Crippen LogP contribution < -0.4 is 26.0 Å². The lowest BCUT2D eigenvalue weighted by Gasteiger charge is -2.12. The molecule has 4 rings (SSSR count). The van der Waals surface area contributed by atoms with Gasteiger partial charge in [-0.25, -0.2) is 4.39 Å². The van der Waals surface area contributed by atoms with Crippen molar-refractivity contribution in [2.24, 2.45) is 0 Å². The number of amides is 1. The van der Waals surface area contributed by atoms with E-state index in [0.717, 1.165) is 11.3 Å². The van der Waals surface area contributed by atoms with Gasteiger partial charge in [-0.15, -0.1) is 0 Å². The Morgan fingerprint density at radius 1 is 0.698 bits per heavy atom. The standard InChI is InChI=1S/C31H36FN7O4/c1-41-26-13-11-23(12-14-26)21-35-30-37-29(38-31(39-30)36-22-25-9-5-6-10-27(25)32)34-16-18-43-20-19-42-17-15-33-28(40)24-7-3-2-4-8-24/h2-14H,15-22H2,1H3,(H,33,40)(H3,34,35,36,37,38,39). The van der Waals surface area contributed by atoms with Crippen molar-refractivity contribution in [3.05, 3.63) is 101 Å². The molecule has 43 heavy (non-hydrogen) atoms. The van der Waals surface area contributed by atoms with Gasteiger partial charge in [0, 0.05) is 37.3 Å². The van der Waals surface area contributed by atoms with Gasteiger partial charge in [-0.2, -0.15) is 15.0 Å². The van der Waals surface area contributed by atoms with Gasteiger partial charge in [-0.3, -0.25) is 4.79 Å². The van der Waals surface area contributed by atoms with Crippen molar-refractivity contribution in [2.45, 2.75) is 13.1 Å². The van der Waals surface area contributed by atoms with Crippen LogP contribution in [0.4, 0.5) is 22.2 Å². The maximum atomic E-state index is 14.1. The van der Waals surface area contributed by atoms with Crippen LogP contribution >= 0.6 is 0 Å². The van der Waals surface area contributed by atoms with Gasteiger partial charge in [0.25, 0.3) is 5.91 Å². The Bertz CT molecular complexity index is 1410. The zero-order valence-electron chi connectivity index (χ0n) is 24.0. The molecule has 4 aromatic rings. The second-order valence-corrected chi connectivity index (χ2v) is 9.23. The van der Waals surface area contributed by atoms with E-state index in [0.29, 0.717) is 75.0 Å². The predicted molar refractivity (Wildman–Crippen MR) is 163 cm³/mol. The van der Waals surface area contributed by atoms with Gasteiger partial charge in [-0.1, -0.05) is 48.5 Å². The average molecular weight is 590 g/mol. The Hall–Kier alpha value is -4.81. The molecule has 4 N–H and O–H groups in total. The summed E-state index contributed by atoms with van der Waals surface area (Å²) in [6.45, 7) is 3.14. The molecular formula is C31H36FN7O4. The van der Waals surface area contributed by atoms with Crippen molar-refractivity contribution in [3.8, 4) is 5.75 Å². The summed E-state index contributed by atoms with van der Waals surface area (Å²) >= 11 is 0. The number of rotatable bonds is 18. The Labute approximate surface area is 250 Å². The molecule has 0 aliphatic heterocycles. The quantitative estimate of drug-likeness (QED) is 0.126. The van der Waals surface area contributed by atoms with Crippen molar-refractivity contribution in [3.63, 3.8) is 0 Å². The van der Waals surface area contributed by atoms with Crippen LogP contribution in [-0.4, -0.2) is 67.5 Å².